The second kappa shape index (κ2) is 5.44. The van der Waals surface area contributed by atoms with Crippen LogP contribution >= 0.6 is 6.19 Å². The van der Waals surface area contributed by atoms with Crippen molar-refractivity contribution in [1.29, 1.82) is 0 Å². The van der Waals surface area contributed by atoms with Crippen LogP contribution in [0.3, 0.4) is 0 Å². The van der Waals surface area contributed by atoms with Crippen molar-refractivity contribution in [2.75, 3.05) is 6.61 Å². The molecule has 0 rings (SSSR count). The zero-order valence-corrected chi connectivity index (χ0v) is 13.4. The molecule has 0 aliphatic rings. The summed E-state index contributed by atoms with van der Waals surface area (Å²) in [5.41, 5.74) is -0.557. The summed E-state index contributed by atoms with van der Waals surface area (Å²) in [7, 11) is 0. The van der Waals surface area contributed by atoms with E-state index in [0.29, 0.717) is 6.61 Å². The molecule has 0 aromatic heterocycles. The monoisotopic (exact) mass is 302 g/mol. The van der Waals surface area contributed by atoms with E-state index in [-0.39, 0.29) is 11.2 Å². The first kappa shape index (κ1) is 15.8. The van der Waals surface area contributed by atoms with Crippen LogP contribution in [0.15, 0.2) is 0 Å². The van der Waals surface area contributed by atoms with Crippen LogP contribution in [0.2, 0.25) is 0 Å². The molecule has 5 heteroatoms. The second-order valence-corrected chi connectivity index (χ2v) is 9.60. The SMILES string of the molecule is CCOP(=[Se])(OC(C)(C)C)OC(C)(C)C. The maximum absolute atomic E-state index is 5.85. The summed E-state index contributed by atoms with van der Waals surface area (Å²) in [6.45, 7) is 14.5. The van der Waals surface area contributed by atoms with Crippen LogP contribution in [0.4, 0.5) is 0 Å². The van der Waals surface area contributed by atoms with Crippen molar-refractivity contribution in [3.8, 4) is 0 Å². The molecule has 0 unspecified atom stereocenters. The molecule has 0 fully saturated rings. The van der Waals surface area contributed by atoms with Gasteiger partial charge in [-0.15, -0.1) is 0 Å². The molecule has 0 aromatic carbocycles. The normalized spacial score (nSPS) is 14.3. The molecule has 0 aromatic rings. The van der Waals surface area contributed by atoms with Gasteiger partial charge < -0.3 is 0 Å². The van der Waals surface area contributed by atoms with E-state index in [9.17, 15) is 0 Å². The van der Waals surface area contributed by atoms with Gasteiger partial charge in [0.15, 0.2) is 0 Å². The third-order valence-electron chi connectivity index (χ3n) is 1.06. The average molecular weight is 301 g/mol. The molecule has 0 radical (unpaired) electrons. The molecule has 0 atom stereocenters. The van der Waals surface area contributed by atoms with Crippen LogP contribution < -0.4 is 0 Å². The Bertz CT molecular complexity index is 220. The van der Waals surface area contributed by atoms with Crippen LogP contribution in [0.5, 0.6) is 0 Å². The number of hydrogen-bond acceptors (Lipinski definition) is 3. The van der Waals surface area contributed by atoms with Gasteiger partial charge in [-0.3, -0.25) is 0 Å². The van der Waals surface area contributed by atoms with Crippen LogP contribution in [0.1, 0.15) is 48.5 Å². The molecule has 15 heavy (non-hydrogen) atoms. The van der Waals surface area contributed by atoms with Gasteiger partial charge in [0.05, 0.1) is 0 Å². The number of rotatable bonds is 4. The van der Waals surface area contributed by atoms with E-state index in [1.807, 2.05) is 48.5 Å². The van der Waals surface area contributed by atoms with E-state index in [1.165, 1.54) is 0 Å². The topological polar surface area (TPSA) is 27.7 Å². The first-order valence-electron chi connectivity index (χ1n) is 5.13. The quantitative estimate of drug-likeness (QED) is 0.587. The van der Waals surface area contributed by atoms with E-state index in [0.717, 1.165) is 0 Å². The summed E-state index contributed by atoms with van der Waals surface area (Å²) in [6.07, 6.45) is -2.34. The van der Waals surface area contributed by atoms with Crippen molar-refractivity contribution in [3.05, 3.63) is 0 Å². The fraction of sp³-hybridized carbons (Fsp3) is 1.00. The summed E-state index contributed by atoms with van der Waals surface area (Å²) >= 11 is 2.95. The van der Waals surface area contributed by atoms with E-state index >= 15 is 0 Å². The van der Waals surface area contributed by atoms with Crippen LogP contribution in [-0.2, 0) is 13.6 Å². The zero-order chi connectivity index (χ0) is 12.3. The van der Waals surface area contributed by atoms with E-state index in [4.69, 9.17) is 13.6 Å². The van der Waals surface area contributed by atoms with Crippen molar-refractivity contribution in [2.24, 2.45) is 0 Å². The summed E-state index contributed by atoms with van der Waals surface area (Å²) in [4.78, 5) is 0. The van der Waals surface area contributed by atoms with Gasteiger partial charge in [-0.25, -0.2) is 0 Å². The molecule has 0 spiro atoms. The third kappa shape index (κ3) is 8.62. The Morgan fingerprint density at radius 3 is 1.47 bits per heavy atom. The molecule has 0 aliphatic heterocycles. The summed E-state index contributed by atoms with van der Waals surface area (Å²) in [6, 6.07) is 0. The first-order valence-corrected chi connectivity index (χ1v) is 8.89. The van der Waals surface area contributed by atoms with E-state index in [1.54, 1.807) is 0 Å². The van der Waals surface area contributed by atoms with Gasteiger partial charge in [0.25, 0.3) is 0 Å². The van der Waals surface area contributed by atoms with E-state index < -0.39 is 6.19 Å². The Labute approximate surface area is 101 Å². The van der Waals surface area contributed by atoms with Crippen molar-refractivity contribution >= 4 is 21.3 Å². The molecular weight excluding hydrogens is 278 g/mol. The molecule has 0 saturated heterocycles. The molecule has 92 valence electrons. The van der Waals surface area contributed by atoms with E-state index in [2.05, 4.69) is 15.1 Å². The second-order valence-electron chi connectivity index (χ2n) is 5.27. The maximum atomic E-state index is 5.85. The van der Waals surface area contributed by atoms with Gasteiger partial charge in [0.1, 0.15) is 0 Å². The van der Waals surface area contributed by atoms with Gasteiger partial charge in [-0.2, -0.15) is 0 Å². The first-order chi connectivity index (χ1) is 6.47. The van der Waals surface area contributed by atoms with Crippen molar-refractivity contribution in [2.45, 2.75) is 59.7 Å². The molecule has 0 aliphatic carbocycles. The standard InChI is InChI=1S/C10H23O3PSe/c1-8-11-14(15,12-9(2,3)4)13-10(5,6)7/h8H2,1-7H3. The molecule has 0 amide bonds. The molecule has 0 N–H and O–H groups in total. The fourth-order valence-electron chi connectivity index (χ4n) is 0.900. The Balaban J connectivity index is 4.68. The summed E-state index contributed by atoms with van der Waals surface area (Å²) < 4.78 is 17.3. The van der Waals surface area contributed by atoms with Gasteiger partial charge in [0.2, 0.25) is 0 Å². The Morgan fingerprint density at radius 2 is 1.27 bits per heavy atom. The molecular formula is C10H23O3PSe. The van der Waals surface area contributed by atoms with Gasteiger partial charge >= 0.3 is 101 Å². The van der Waals surface area contributed by atoms with Gasteiger partial charge in [0, 0.05) is 0 Å². The molecule has 0 bridgehead atoms. The van der Waals surface area contributed by atoms with Gasteiger partial charge in [-0.1, -0.05) is 0 Å². The zero-order valence-electron chi connectivity index (χ0n) is 10.8. The Hall–Kier alpha value is 0.829. The van der Waals surface area contributed by atoms with Crippen molar-refractivity contribution < 1.29 is 13.6 Å². The molecule has 0 heterocycles. The minimum absolute atomic E-state index is 0.278. The summed E-state index contributed by atoms with van der Waals surface area (Å²) in [5, 5.41) is 0. The van der Waals surface area contributed by atoms with Crippen molar-refractivity contribution in [1.82, 2.24) is 0 Å². The minimum atomic E-state index is -2.34. The Morgan fingerprint density at radius 1 is 0.933 bits per heavy atom. The molecule has 3 nitrogen and oxygen atoms in total. The van der Waals surface area contributed by atoms with Crippen molar-refractivity contribution in [3.63, 3.8) is 0 Å². The van der Waals surface area contributed by atoms with Crippen LogP contribution in [0.25, 0.3) is 0 Å². The Kier molecular flexibility index (Phi) is 5.74. The fourth-order valence-corrected chi connectivity index (χ4v) is 6.18. The predicted molar refractivity (Wildman–Crippen MR) is 66.0 cm³/mol. The predicted octanol–water partition coefficient (Wildman–Crippen LogP) is 3.50. The van der Waals surface area contributed by atoms with Gasteiger partial charge in [-0.05, 0) is 0 Å². The summed E-state index contributed by atoms with van der Waals surface area (Å²) in [5.74, 6) is 0. The van der Waals surface area contributed by atoms with Crippen LogP contribution in [0, 0.1) is 0 Å². The van der Waals surface area contributed by atoms with Crippen LogP contribution in [-0.4, -0.2) is 32.9 Å². The average Bonchev–Trinajstić information content (AvgIpc) is 1.74. The number of hydrogen-bond donors (Lipinski definition) is 0. The molecule has 0 saturated carbocycles. The third-order valence-corrected chi connectivity index (χ3v) is 4.78.